The van der Waals surface area contributed by atoms with Crippen LogP contribution in [0.15, 0.2) is 29.2 Å². The van der Waals surface area contributed by atoms with E-state index in [-0.39, 0.29) is 11.6 Å². The van der Waals surface area contributed by atoms with Crippen LogP contribution in [0.1, 0.15) is 64.0 Å². The van der Waals surface area contributed by atoms with Crippen molar-refractivity contribution in [1.82, 2.24) is 4.72 Å². The molecule has 0 aromatic heterocycles. The van der Waals surface area contributed by atoms with Crippen LogP contribution in [0.3, 0.4) is 0 Å². The van der Waals surface area contributed by atoms with E-state index in [2.05, 4.69) is 4.72 Å². The van der Waals surface area contributed by atoms with Gasteiger partial charge in [-0.15, -0.1) is 0 Å². The van der Waals surface area contributed by atoms with E-state index < -0.39 is 10.0 Å². The van der Waals surface area contributed by atoms with Crippen LogP contribution in [-0.4, -0.2) is 14.0 Å². The van der Waals surface area contributed by atoms with Crippen molar-refractivity contribution >= 4 is 10.0 Å². The first kappa shape index (κ1) is 16.5. The van der Waals surface area contributed by atoms with Crippen LogP contribution in [-0.2, 0) is 10.0 Å². The maximum Gasteiger partial charge on any atom is 0.241 e. The number of hydrogen-bond donors (Lipinski definition) is 2. The SMILES string of the molecule is CCC(N)c1cccc(S(=O)(=O)NC2(C)CCCCC2)c1. The van der Waals surface area contributed by atoms with Crippen molar-refractivity contribution in [2.45, 2.75) is 68.8 Å². The molecule has 1 aromatic carbocycles. The molecule has 4 nitrogen and oxygen atoms in total. The zero-order valence-corrected chi connectivity index (χ0v) is 13.7. The summed E-state index contributed by atoms with van der Waals surface area (Å²) in [6.07, 6.45) is 5.95. The maximum absolute atomic E-state index is 12.6. The number of nitrogens with one attached hydrogen (secondary N) is 1. The fraction of sp³-hybridized carbons (Fsp3) is 0.625. The molecule has 118 valence electrons. The van der Waals surface area contributed by atoms with Crippen LogP contribution in [0.2, 0.25) is 0 Å². The zero-order chi connectivity index (χ0) is 15.5. The molecule has 1 fully saturated rings. The van der Waals surface area contributed by atoms with Gasteiger partial charge in [0, 0.05) is 11.6 Å². The molecule has 0 spiro atoms. The number of benzene rings is 1. The Kier molecular flexibility index (Phi) is 5.07. The van der Waals surface area contributed by atoms with Gasteiger partial charge in [0.05, 0.1) is 4.90 Å². The Morgan fingerprint density at radius 2 is 1.95 bits per heavy atom. The van der Waals surface area contributed by atoms with E-state index in [1.54, 1.807) is 18.2 Å². The molecule has 1 aromatic rings. The van der Waals surface area contributed by atoms with Crippen molar-refractivity contribution in [3.63, 3.8) is 0 Å². The van der Waals surface area contributed by atoms with Gasteiger partial charge in [0.1, 0.15) is 0 Å². The second-order valence-electron chi connectivity index (χ2n) is 6.31. The first-order valence-corrected chi connectivity index (χ1v) is 9.24. The normalized spacial score (nSPS) is 20.1. The largest absolute Gasteiger partial charge is 0.324 e. The van der Waals surface area contributed by atoms with Gasteiger partial charge in [-0.1, -0.05) is 38.3 Å². The predicted molar refractivity (Wildman–Crippen MR) is 85.5 cm³/mol. The minimum Gasteiger partial charge on any atom is -0.324 e. The highest BCUT2D eigenvalue weighted by Crippen LogP contribution is 2.29. The summed E-state index contributed by atoms with van der Waals surface area (Å²) in [7, 11) is -3.49. The molecule has 5 heteroatoms. The third-order valence-electron chi connectivity index (χ3n) is 4.37. The monoisotopic (exact) mass is 310 g/mol. The van der Waals surface area contributed by atoms with Crippen molar-refractivity contribution in [2.75, 3.05) is 0 Å². The van der Waals surface area contributed by atoms with Crippen LogP contribution in [0.25, 0.3) is 0 Å². The zero-order valence-electron chi connectivity index (χ0n) is 12.9. The number of sulfonamides is 1. The number of nitrogens with two attached hydrogens (primary N) is 1. The summed E-state index contributed by atoms with van der Waals surface area (Å²) in [5, 5.41) is 0. The highest BCUT2D eigenvalue weighted by molar-refractivity contribution is 7.89. The van der Waals surface area contributed by atoms with E-state index in [4.69, 9.17) is 5.73 Å². The highest BCUT2D eigenvalue weighted by atomic mass is 32.2. The first-order valence-electron chi connectivity index (χ1n) is 7.76. The molecule has 1 saturated carbocycles. The van der Waals surface area contributed by atoms with Crippen LogP contribution in [0.4, 0.5) is 0 Å². The van der Waals surface area contributed by atoms with Gasteiger partial charge in [0.25, 0.3) is 0 Å². The molecule has 1 unspecified atom stereocenters. The molecule has 0 radical (unpaired) electrons. The third kappa shape index (κ3) is 4.05. The van der Waals surface area contributed by atoms with E-state index in [9.17, 15) is 8.42 Å². The molecule has 3 N–H and O–H groups in total. The molecule has 2 rings (SSSR count). The van der Waals surface area contributed by atoms with Crippen molar-refractivity contribution in [3.8, 4) is 0 Å². The topological polar surface area (TPSA) is 72.2 Å². The van der Waals surface area contributed by atoms with Crippen molar-refractivity contribution in [3.05, 3.63) is 29.8 Å². The lowest BCUT2D eigenvalue weighted by molar-refractivity contribution is 0.294. The molecule has 0 amide bonds. The number of rotatable bonds is 5. The van der Waals surface area contributed by atoms with Crippen LogP contribution >= 0.6 is 0 Å². The molecule has 1 aliphatic rings. The van der Waals surface area contributed by atoms with Gasteiger partial charge in [-0.2, -0.15) is 0 Å². The average Bonchev–Trinajstić information content (AvgIpc) is 2.46. The summed E-state index contributed by atoms with van der Waals surface area (Å²) >= 11 is 0. The summed E-state index contributed by atoms with van der Waals surface area (Å²) in [6, 6.07) is 6.87. The number of hydrogen-bond acceptors (Lipinski definition) is 3. The molecule has 0 bridgehead atoms. The second-order valence-corrected chi connectivity index (χ2v) is 8.00. The van der Waals surface area contributed by atoms with Gasteiger partial charge in [-0.25, -0.2) is 13.1 Å². The van der Waals surface area contributed by atoms with Gasteiger partial charge >= 0.3 is 0 Å². The Labute approximate surface area is 128 Å². The lowest BCUT2D eigenvalue weighted by Gasteiger charge is -2.34. The maximum atomic E-state index is 12.6. The standard InChI is InChI=1S/C16H26N2O2S/c1-3-15(17)13-8-7-9-14(12-13)21(19,20)18-16(2)10-5-4-6-11-16/h7-9,12,15,18H,3-6,10-11,17H2,1-2H3. The summed E-state index contributed by atoms with van der Waals surface area (Å²) in [5.41, 5.74) is 6.55. The van der Waals surface area contributed by atoms with E-state index >= 15 is 0 Å². The summed E-state index contributed by atoms with van der Waals surface area (Å²) in [4.78, 5) is 0.315. The summed E-state index contributed by atoms with van der Waals surface area (Å²) < 4.78 is 28.1. The summed E-state index contributed by atoms with van der Waals surface area (Å²) in [6.45, 7) is 4.00. The molecule has 0 saturated heterocycles. The second kappa shape index (κ2) is 6.46. The van der Waals surface area contributed by atoms with Gasteiger partial charge in [0.15, 0.2) is 0 Å². The fourth-order valence-corrected chi connectivity index (χ4v) is 4.49. The van der Waals surface area contributed by atoms with Crippen molar-refractivity contribution < 1.29 is 8.42 Å². The van der Waals surface area contributed by atoms with Gasteiger partial charge in [0.2, 0.25) is 10.0 Å². The van der Waals surface area contributed by atoms with E-state index in [0.717, 1.165) is 37.7 Å². The van der Waals surface area contributed by atoms with E-state index in [0.29, 0.717) is 4.90 Å². The first-order chi connectivity index (χ1) is 9.86. The molecular formula is C16H26N2O2S. The molecule has 1 atom stereocenters. The highest BCUT2D eigenvalue weighted by Gasteiger charge is 2.32. The van der Waals surface area contributed by atoms with Crippen molar-refractivity contribution in [1.29, 1.82) is 0 Å². The Hall–Kier alpha value is -0.910. The smallest absolute Gasteiger partial charge is 0.241 e. The molecule has 0 heterocycles. The lowest BCUT2D eigenvalue weighted by Crippen LogP contribution is -2.47. The van der Waals surface area contributed by atoms with Crippen LogP contribution < -0.4 is 10.5 Å². The van der Waals surface area contributed by atoms with Gasteiger partial charge in [-0.05, 0) is 43.9 Å². The lowest BCUT2D eigenvalue weighted by atomic mass is 9.84. The third-order valence-corrected chi connectivity index (χ3v) is 6.01. The Morgan fingerprint density at radius 3 is 2.57 bits per heavy atom. The average molecular weight is 310 g/mol. The van der Waals surface area contributed by atoms with Gasteiger partial charge in [-0.3, -0.25) is 0 Å². The Balaban J connectivity index is 2.23. The molecule has 21 heavy (non-hydrogen) atoms. The summed E-state index contributed by atoms with van der Waals surface area (Å²) in [5.74, 6) is 0. The fourth-order valence-electron chi connectivity index (χ4n) is 2.97. The molecule has 1 aliphatic carbocycles. The Morgan fingerprint density at radius 1 is 1.29 bits per heavy atom. The minimum atomic E-state index is -3.49. The van der Waals surface area contributed by atoms with E-state index in [1.807, 2.05) is 19.9 Å². The molecule has 0 aliphatic heterocycles. The van der Waals surface area contributed by atoms with Gasteiger partial charge < -0.3 is 5.73 Å². The minimum absolute atomic E-state index is 0.120. The quantitative estimate of drug-likeness (QED) is 0.877. The van der Waals surface area contributed by atoms with Crippen LogP contribution in [0, 0.1) is 0 Å². The molecular weight excluding hydrogens is 284 g/mol. The van der Waals surface area contributed by atoms with Crippen LogP contribution in [0.5, 0.6) is 0 Å². The predicted octanol–water partition coefficient (Wildman–Crippen LogP) is 3.10. The Bertz CT molecular complexity index is 578. The van der Waals surface area contributed by atoms with Crippen molar-refractivity contribution in [2.24, 2.45) is 5.73 Å². The van der Waals surface area contributed by atoms with E-state index in [1.165, 1.54) is 6.42 Å².